The van der Waals surface area contributed by atoms with Crippen LogP contribution < -0.4 is 4.74 Å². The van der Waals surface area contributed by atoms with E-state index < -0.39 is 6.04 Å². The lowest BCUT2D eigenvalue weighted by Gasteiger charge is -2.37. The van der Waals surface area contributed by atoms with Crippen LogP contribution in [0.15, 0.2) is 60.1 Å². The van der Waals surface area contributed by atoms with Gasteiger partial charge in [0.25, 0.3) is 5.91 Å². The summed E-state index contributed by atoms with van der Waals surface area (Å²) in [7, 11) is 0. The topological polar surface area (TPSA) is 68.7 Å². The molecule has 4 atom stereocenters. The van der Waals surface area contributed by atoms with Gasteiger partial charge in [0, 0.05) is 18.9 Å². The summed E-state index contributed by atoms with van der Waals surface area (Å²) in [6, 6.07) is 11.0. The first-order chi connectivity index (χ1) is 15.6. The third-order valence-electron chi connectivity index (χ3n) is 6.77. The van der Waals surface area contributed by atoms with Gasteiger partial charge in [0.15, 0.2) is 11.5 Å². The number of hydrogen-bond acceptors (Lipinski definition) is 5. The number of Topliss-reactive ketones (excluding diaryl/α,β-unsaturated/α-hetero) is 1. The van der Waals surface area contributed by atoms with E-state index in [9.17, 15) is 9.59 Å². The van der Waals surface area contributed by atoms with E-state index in [1.807, 2.05) is 43.3 Å². The Bertz CT molecular complexity index is 1060. The van der Waals surface area contributed by atoms with Crippen LogP contribution in [0, 0.1) is 11.8 Å². The number of carbonyl (C=O) groups is 2. The standard InChI is InChI=1S/C26H28N2O4/c1-3-31-19-8-4-7-18(13-19)23-22-24(29)20-12-16(2)9-10-21(20)32-25(22)26(30)28(23)15-17-6-5-11-27-14-17/h4-8,11,13-14,16,20-21,23H,3,9-10,12,15H2,1-2H3. The van der Waals surface area contributed by atoms with E-state index in [0.717, 1.165) is 36.1 Å². The van der Waals surface area contributed by atoms with Crippen molar-refractivity contribution in [2.24, 2.45) is 11.8 Å². The van der Waals surface area contributed by atoms with Crippen molar-refractivity contribution in [3.8, 4) is 5.75 Å². The molecule has 1 aliphatic carbocycles. The highest BCUT2D eigenvalue weighted by molar-refractivity contribution is 6.11. The number of ketones is 1. The zero-order chi connectivity index (χ0) is 22.2. The Morgan fingerprint density at radius 1 is 1.19 bits per heavy atom. The molecule has 166 valence electrons. The van der Waals surface area contributed by atoms with Gasteiger partial charge in [-0.1, -0.05) is 25.1 Å². The van der Waals surface area contributed by atoms with Crippen LogP contribution in [-0.2, 0) is 20.9 Å². The van der Waals surface area contributed by atoms with Crippen LogP contribution in [-0.4, -0.2) is 34.3 Å². The molecule has 3 heterocycles. The maximum Gasteiger partial charge on any atom is 0.290 e. The van der Waals surface area contributed by atoms with Crippen molar-refractivity contribution in [3.63, 3.8) is 0 Å². The number of ether oxygens (including phenoxy) is 2. The molecule has 0 saturated heterocycles. The summed E-state index contributed by atoms with van der Waals surface area (Å²) >= 11 is 0. The summed E-state index contributed by atoms with van der Waals surface area (Å²) in [5, 5.41) is 0. The summed E-state index contributed by atoms with van der Waals surface area (Å²) in [4.78, 5) is 33.3. The highest BCUT2D eigenvalue weighted by Gasteiger charge is 2.52. The molecule has 0 N–H and O–H groups in total. The predicted octanol–water partition coefficient (Wildman–Crippen LogP) is 4.22. The van der Waals surface area contributed by atoms with Crippen LogP contribution in [0.1, 0.15) is 50.3 Å². The Labute approximate surface area is 188 Å². The van der Waals surface area contributed by atoms with Gasteiger partial charge in [-0.2, -0.15) is 0 Å². The zero-order valence-electron chi connectivity index (χ0n) is 18.5. The van der Waals surface area contributed by atoms with E-state index in [2.05, 4.69) is 11.9 Å². The lowest BCUT2D eigenvalue weighted by atomic mass is 9.74. The van der Waals surface area contributed by atoms with Crippen molar-refractivity contribution >= 4 is 11.7 Å². The first-order valence-electron chi connectivity index (χ1n) is 11.4. The summed E-state index contributed by atoms with van der Waals surface area (Å²) in [5.74, 6) is 1.11. The maximum atomic E-state index is 13.8. The zero-order valence-corrected chi connectivity index (χ0v) is 18.5. The SMILES string of the molecule is CCOc1cccc(C2C3=C(OC4CCC(C)CC4C3=O)C(=O)N2Cc2cccnc2)c1. The molecule has 0 spiro atoms. The van der Waals surface area contributed by atoms with Crippen LogP contribution in [0.3, 0.4) is 0 Å². The van der Waals surface area contributed by atoms with Gasteiger partial charge in [-0.25, -0.2) is 0 Å². The molecular weight excluding hydrogens is 404 g/mol. The first-order valence-corrected chi connectivity index (χ1v) is 11.4. The molecule has 6 nitrogen and oxygen atoms in total. The molecular formula is C26H28N2O4. The van der Waals surface area contributed by atoms with E-state index in [4.69, 9.17) is 9.47 Å². The number of aromatic nitrogens is 1. The quantitative estimate of drug-likeness (QED) is 0.708. The van der Waals surface area contributed by atoms with E-state index >= 15 is 0 Å². The number of nitrogens with zero attached hydrogens (tertiary/aromatic N) is 2. The minimum atomic E-state index is -0.496. The second-order valence-corrected chi connectivity index (χ2v) is 8.99. The van der Waals surface area contributed by atoms with Crippen LogP contribution in [0.4, 0.5) is 0 Å². The van der Waals surface area contributed by atoms with E-state index in [1.54, 1.807) is 17.3 Å². The van der Waals surface area contributed by atoms with Crippen molar-refractivity contribution in [2.45, 2.75) is 51.8 Å². The maximum absolute atomic E-state index is 13.8. The Morgan fingerprint density at radius 3 is 2.84 bits per heavy atom. The third kappa shape index (κ3) is 3.57. The lowest BCUT2D eigenvalue weighted by molar-refractivity contribution is -0.136. The monoisotopic (exact) mass is 432 g/mol. The van der Waals surface area contributed by atoms with E-state index in [1.165, 1.54) is 0 Å². The Kier molecular flexibility index (Phi) is 5.45. The molecule has 4 unspecified atom stereocenters. The molecule has 0 radical (unpaired) electrons. The Balaban J connectivity index is 1.58. The number of fused-ring (bicyclic) bond motifs is 1. The number of amides is 1. The molecule has 32 heavy (non-hydrogen) atoms. The Hall–Kier alpha value is -3.15. The van der Waals surface area contributed by atoms with Crippen LogP contribution in [0.25, 0.3) is 0 Å². The van der Waals surface area contributed by atoms with Gasteiger partial charge in [-0.3, -0.25) is 14.6 Å². The summed E-state index contributed by atoms with van der Waals surface area (Å²) in [5.41, 5.74) is 2.27. The van der Waals surface area contributed by atoms with E-state index in [0.29, 0.717) is 24.6 Å². The molecule has 2 aromatic rings. The molecule has 2 aliphatic heterocycles. The van der Waals surface area contributed by atoms with Gasteiger partial charge in [-0.15, -0.1) is 0 Å². The summed E-state index contributed by atoms with van der Waals surface area (Å²) < 4.78 is 12.0. The smallest absolute Gasteiger partial charge is 0.290 e. The van der Waals surface area contributed by atoms with E-state index in [-0.39, 0.29) is 29.5 Å². The minimum Gasteiger partial charge on any atom is -0.494 e. The molecule has 1 saturated carbocycles. The van der Waals surface area contributed by atoms with Crippen molar-refractivity contribution < 1.29 is 19.1 Å². The minimum absolute atomic E-state index is 0.0663. The molecule has 0 bridgehead atoms. The van der Waals surface area contributed by atoms with Gasteiger partial charge in [0.1, 0.15) is 11.9 Å². The first kappa shape index (κ1) is 20.7. The van der Waals surface area contributed by atoms with Gasteiger partial charge in [0.2, 0.25) is 0 Å². The average molecular weight is 433 g/mol. The second kappa shape index (κ2) is 8.41. The van der Waals surface area contributed by atoms with Crippen molar-refractivity contribution in [3.05, 3.63) is 71.3 Å². The normalized spacial score (nSPS) is 27.1. The fourth-order valence-electron chi connectivity index (χ4n) is 5.26. The van der Waals surface area contributed by atoms with Gasteiger partial charge in [0.05, 0.1) is 24.1 Å². The number of carbonyl (C=O) groups excluding carboxylic acids is 2. The molecule has 3 aliphatic rings. The van der Waals surface area contributed by atoms with Crippen molar-refractivity contribution in [2.75, 3.05) is 6.61 Å². The van der Waals surface area contributed by atoms with Crippen LogP contribution in [0.2, 0.25) is 0 Å². The van der Waals surface area contributed by atoms with Gasteiger partial charge < -0.3 is 14.4 Å². The molecule has 1 fully saturated rings. The fourth-order valence-corrected chi connectivity index (χ4v) is 5.26. The largest absolute Gasteiger partial charge is 0.494 e. The number of rotatable bonds is 5. The second-order valence-electron chi connectivity index (χ2n) is 8.99. The van der Waals surface area contributed by atoms with Crippen LogP contribution >= 0.6 is 0 Å². The molecule has 5 rings (SSSR count). The highest BCUT2D eigenvalue weighted by atomic mass is 16.5. The molecule has 6 heteroatoms. The van der Waals surface area contributed by atoms with Crippen molar-refractivity contribution in [1.82, 2.24) is 9.88 Å². The van der Waals surface area contributed by atoms with Gasteiger partial charge in [-0.05, 0) is 61.4 Å². The van der Waals surface area contributed by atoms with Crippen LogP contribution in [0.5, 0.6) is 5.75 Å². The predicted molar refractivity (Wildman–Crippen MR) is 119 cm³/mol. The molecule has 1 aromatic heterocycles. The number of pyridine rings is 1. The summed E-state index contributed by atoms with van der Waals surface area (Å²) in [6.07, 6.45) is 5.90. The van der Waals surface area contributed by atoms with Gasteiger partial charge >= 0.3 is 0 Å². The molecule has 1 aromatic carbocycles. The lowest BCUT2D eigenvalue weighted by Crippen LogP contribution is -2.41. The third-order valence-corrected chi connectivity index (χ3v) is 6.77. The number of benzene rings is 1. The number of hydrogen-bond donors (Lipinski definition) is 0. The Morgan fingerprint density at radius 2 is 2.06 bits per heavy atom. The molecule has 1 amide bonds. The highest BCUT2D eigenvalue weighted by Crippen LogP contribution is 2.48. The average Bonchev–Trinajstić information content (AvgIpc) is 3.07. The van der Waals surface area contributed by atoms with Crippen molar-refractivity contribution in [1.29, 1.82) is 0 Å². The fraction of sp³-hybridized carbons (Fsp3) is 0.423. The summed E-state index contributed by atoms with van der Waals surface area (Å²) in [6.45, 7) is 5.02.